The molecule has 1 N–H and O–H groups in total. The Labute approximate surface area is 127 Å². The highest BCUT2D eigenvalue weighted by atomic mass is 16.2. The van der Waals surface area contributed by atoms with E-state index in [-0.39, 0.29) is 23.1 Å². The van der Waals surface area contributed by atoms with Gasteiger partial charge in [-0.2, -0.15) is 0 Å². The van der Waals surface area contributed by atoms with Crippen LogP contribution in [0.2, 0.25) is 0 Å². The molecule has 1 aromatic rings. The Morgan fingerprint density at radius 1 is 1.29 bits per heavy atom. The number of unbranched alkanes of at least 4 members (excludes halogenated alkanes) is 1. The Kier molecular flexibility index (Phi) is 6.66. The van der Waals surface area contributed by atoms with E-state index in [2.05, 4.69) is 19.2 Å². The minimum absolute atomic E-state index is 0.0246. The number of aryl methyl sites for hydroxylation is 1. The molecule has 1 aromatic heterocycles. The van der Waals surface area contributed by atoms with Crippen molar-refractivity contribution in [2.75, 3.05) is 0 Å². The van der Waals surface area contributed by atoms with Crippen LogP contribution in [-0.4, -0.2) is 16.5 Å². The summed E-state index contributed by atoms with van der Waals surface area (Å²) in [5.74, 6) is -0.272. The largest absolute Gasteiger partial charge is 0.350 e. The third-order valence-electron chi connectivity index (χ3n) is 3.50. The van der Waals surface area contributed by atoms with Crippen LogP contribution in [0.4, 0.5) is 0 Å². The van der Waals surface area contributed by atoms with Gasteiger partial charge in [-0.25, -0.2) is 0 Å². The fraction of sp³-hybridized carbons (Fsp3) is 0.647. The molecular formula is C17H28N2O2. The molecule has 0 unspecified atom stereocenters. The molecule has 0 radical (unpaired) electrons. The van der Waals surface area contributed by atoms with Crippen molar-refractivity contribution in [3.05, 3.63) is 33.2 Å². The molecule has 0 aromatic carbocycles. The third-order valence-corrected chi connectivity index (χ3v) is 3.50. The average molecular weight is 292 g/mol. The molecule has 0 atom stereocenters. The average Bonchev–Trinajstić information content (AvgIpc) is 2.41. The molecule has 0 spiro atoms. The van der Waals surface area contributed by atoms with Gasteiger partial charge in [0.25, 0.3) is 11.5 Å². The number of nitrogens with one attached hydrogen (secondary N) is 1. The summed E-state index contributed by atoms with van der Waals surface area (Å²) in [6.45, 7) is 10.7. The van der Waals surface area contributed by atoms with Crippen LogP contribution >= 0.6 is 0 Å². The summed E-state index contributed by atoms with van der Waals surface area (Å²) < 4.78 is 1.80. The predicted molar refractivity (Wildman–Crippen MR) is 86.9 cm³/mol. The fourth-order valence-corrected chi connectivity index (χ4v) is 2.47. The second kappa shape index (κ2) is 8.01. The number of hydrogen-bond donors (Lipinski definition) is 1. The first-order valence-corrected chi connectivity index (χ1v) is 7.96. The Balaban J connectivity index is 3.32. The van der Waals surface area contributed by atoms with Crippen LogP contribution < -0.4 is 10.9 Å². The summed E-state index contributed by atoms with van der Waals surface area (Å²) in [6.07, 6.45) is 3.84. The summed E-state index contributed by atoms with van der Waals surface area (Å²) in [5, 5.41) is 2.81. The summed E-state index contributed by atoms with van der Waals surface area (Å²) in [5.41, 5.74) is 2.20. The Morgan fingerprint density at radius 3 is 2.48 bits per heavy atom. The van der Waals surface area contributed by atoms with Crippen LogP contribution in [0, 0.1) is 6.92 Å². The molecule has 0 fully saturated rings. The zero-order valence-corrected chi connectivity index (χ0v) is 14.0. The summed E-state index contributed by atoms with van der Waals surface area (Å²) >= 11 is 0. The van der Waals surface area contributed by atoms with E-state index in [1.165, 1.54) is 0 Å². The summed E-state index contributed by atoms with van der Waals surface area (Å²) in [7, 11) is 0. The van der Waals surface area contributed by atoms with Crippen LogP contribution in [0.25, 0.3) is 0 Å². The van der Waals surface area contributed by atoms with E-state index in [0.29, 0.717) is 6.54 Å². The van der Waals surface area contributed by atoms with Crippen LogP contribution in [0.15, 0.2) is 10.9 Å². The third kappa shape index (κ3) is 4.45. The zero-order chi connectivity index (χ0) is 16.0. The van der Waals surface area contributed by atoms with Gasteiger partial charge in [-0.05, 0) is 45.2 Å². The van der Waals surface area contributed by atoms with Gasteiger partial charge in [-0.15, -0.1) is 0 Å². The minimum atomic E-state index is -0.272. The number of nitrogens with zero attached hydrogens (tertiary/aromatic N) is 1. The van der Waals surface area contributed by atoms with Gasteiger partial charge in [0.05, 0.1) is 0 Å². The Bertz CT molecular complexity index is 544. The van der Waals surface area contributed by atoms with Gasteiger partial charge < -0.3 is 9.88 Å². The number of carbonyl (C=O) groups excluding carboxylic acids is 1. The van der Waals surface area contributed by atoms with Crippen LogP contribution in [0.3, 0.4) is 0 Å². The first-order chi connectivity index (χ1) is 9.92. The molecule has 1 heterocycles. The molecule has 4 heteroatoms. The van der Waals surface area contributed by atoms with Gasteiger partial charge in [0, 0.05) is 18.3 Å². The number of carbonyl (C=O) groups is 1. The zero-order valence-electron chi connectivity index (χ0n) is 14.0. The van der Waals surface area contributed by atoms with Crippen LogP contribution in [-0.2, 0) is 13.0 Å². The van der Waals surface area contributed by atoms with Gasteiger partial charge in [0.1, 0.15) is 5.56 Å². The lowest BCUT2D eigenvalue weighted by molar-refractivity contribution is 0.0940. The van der Waals surface area contributed by atoms with Crippen molar-refractivity contribution in [1.82, 2.24) is 9.88 Å². The maximum absolute atomic E-state index is 12.6. The smallest absolute Gasteiger partial charge is 0.263 e. The van der Waals surface area contributed by atoms with Crippen LogP contribution in [0.5, 0.6) is 0 Å². The van der Waals surface area contributed by atoms with Gasteiger partial charge in [0.15, 0.2) is 0 Å². The van der Waals surface area contributed by atoms with E-state index in [0.717, 1.165) is 36.9 Å². The van der Waals surface area contributed by atoms with E-state index >= 15 is 0 Å². The van der Waals surface area contributed by atoms with Crippen molar-refractivity contribution in [2.45, 2.75) is 72.9 Å². The molecular weight excluding hydrogens is 264 g/mol. The van der Waals surface area contributed by atoms with E-state index in [1.807, 2.05) is 20.8 Å². The van der Waals surface area contributed by atoms with Crippen molar-refractivity contribution in [2.24, 2.45) is 0 Å². The Morgan fingerprint density at radius 2 is 1.95 bits per heavy atom. The molecule has 0 saturated carbocycles. The van der Waals surface area contributed by atoms with E-state index < -0.39 is 0 Å². The highest BCUT2D eigenvalue weighted by molar-refractivity contribution is 5.94. The lowest BCUT2D eigenvalue weighted by atomic mass is 10.1. The first-order valence-electron chi connectivity index (χ1n) is 7.96. The van der Waals surface area contributed by atoms with E-state index in [9.17, 15) is 9.59 Å². The lowest BCUT2D eigenvalue weighted by Gasteiger charge is -2.17. The standard InChI is InChI=1S/C17H28N2O2/c1-6-8-10-19-15(9-7-2)13(5)11-14(17(19)21)16(20)18-12(3)4/h11-12H,6-10H2,1-5H3,(H,18,20). The molecule has 21 heavy (non-hydrogen) atoms. The second-order valence-electron chi connectivity index (χ2n) is 5.88. The molecule has 0 aliphatic heterocycles. The quantitative estimate of drug-likeness (QED) is 0.839. The van der Waals surface area contributed by atoms with Gasteiger partial charge in [0.2, 0.25) is 0 Å². The van der Waals surface area contributed by atoms with E-state index in [4.69, 9.17) is 0 Å². The van der Waals surface area contributed by atoms with Crippen molar-refractivity contribution >= 4 is 5.91 Å². The van der Waals surface area contributed by atoms with Crippen molar-refractivity contribution < 1.29 is 4.79 Å². The molecule has 0 aliphatic rings. The topological polar surface area (TPSA) is 51.1 Å². The maximum atomic E-state index is 12.6. The number of hydrogen-bond acceptors (Lipinski definition) is 2. The first kappa shape index (κ1) is 17.5. The van der Waals surface area contributed by atoms with Gasteiger partial charge in [-0.1, -0.05) is 26.7 Å². The SMILES string of the molecule is CCCCn1c(CCC)c(C)cc(C(=O)NC(C)C)c1=O. The maximum Gasteiger partial charge on any atom is 0.263 e. The highest BCUT2D eigenvalue weighted by Crippen LogP contribution is 2.12. The predicted octanol–water partition coefficient (Wildman–Crippen LogP) is 3.05. The van der Waals surface area contributed by atoms with Crippen LogP contribution in [0.1, 0.15) is 68.6 Å². The molecule has 1 rings (SSSR count). The summed E-state index contributed by atoms with van der Waals surface area (Å²) in [6, 6.07) is 1.77. The molecule has 118 valence electrons. The van der Waals surface area contributed by atoms with Crippen molar-refractivity contribution in [1.29, 1.82) is 0 Å². The molecule has 0 bridgehead atoms. The van der Waals surface area contributed by atoms with Gasteiger partial charge >= 0.3 is 0 Å². The Hall–Kier alpha value is -1.58. The van der Waals surface area contributed by atoms with Crippen molar-refractivity contribution in [3.8, 4) is 0 Å². The number of rotatable bonds is 7. The minimum Gasteiger partial charge on any atom is -0.350 e. The molecule has 0 aliphatic carbocycles. The highest BCUT2D eigenvalue weighted by Gasteiger charge is 2.17. The van der Waals surface area contributed by atoms with Gasteiger partial charge in [-0.3, -0.25) is 9.59 Å². The van der Waals surface area contributed by atoms with Crippen molar-refractivity contribution in [3.63, 3.8) is 0 Å². The number of pyridine rings is 1. The molecule has 1 amide bonds. The second-order valence-corrected chi connectivity index (χ2v) is 5.88. The normalized spacial score (nSPS) is 11.0. The molecule has 0 saturated heterocycles. The molecule has 4 nitrogen and oxygen atoms in total. The number of aromatic nitrogens is 1. The fourth-order valence-electron chi connectivity index (χ4n) is 2.47. The summed E-state index contributed by atoms with van der Waals surface area (Å²) in [4.78, 5) is 24.8. The van der Waals surface area contributed by atoms with E-state index in [1.54, 1.807) is 10.6 Å². The number of amides is 1. The monoisotopic (exact) mass is 292 g/mol. The lowest BCUT2D eigenvalue weighted by Crippen LogP contribution is -2.37.